The average molecular weight is 434 g/mol. The van der Waals surface area contributed by atoms with Crippen molar-refractivity contribution in [1.29, 1.82) is 0 Å². The summed E-state index contributed by atoms with van der Waals surface area (Å²) in [5.74, 6) is -1.01. The zero-order valence-corrected chi connectivity index (χ0v) is 18.3. The Labute approximate surface area is 176 Å². The fourth-order valence-corrected chi connectivity index (χ4v) is 2.79. The Morgan fingerprint density at radius 2 is 1.79 bits per heavy atom. The molecule has 1 atom stereocenters. The molecule has 0 bridgehead atoms. The van der Waals surface area contributed by atoms with Crippen molar-refractivity contribution < 1.29 is 33.4 Å². The summed E-state index contributed by atoms with van der Waals surface area (Å²) < 4.78 is 15.0. The van der Waals surface area contributed by atoms with Crippen LogP contribution in [-0.4, -0.2) is 79.7 Å². The van der Waals surface area contributed by atoms with Crippen molar-refractivity contribution in [3.05, 3.63) is 0 Å². The van der Waals surface area contributed by atoms with Crippen molar-refractivity contribution in [2.75, 3.05) is 39.1 Å². The topological polar surface area (TPSA) is 123 Å². The number of amides is 3. The average Bonchev–Trinajstić information content (AvgIpc) is 2.67. The van der Waals surface area contributed by atoms with Crippen LogP contribution in [-0.2, 0) is 23.8 Å². The Morgan fingerprint density at radius 3 is 2.31 bits per heavy atom. The lowest BCUT2D eigenvalue weighted by Gasteiger charge is -2.33. The molecule has 1 aliphatic heterocycles. The Morgan fingerprint density at radius 1 is 1.17 bits per heavy atom. The van der Waals surface area contributed by atoms with Crippen molar-refractivity contribution in [2.24, 2.45) is 5.92 Å². The van der Waals surface area contributed by atoms with E-state index in [4.69, 9.17) is 9.47 Å². The molecular formula is C18H31N3O7S. The van der Waals surface area contributed by atoms with Crippen LogP contribution in [0.5, 0.6) is 0 Å². The zero-order valence-electron chi connectivity index (χ0n) is 17.4. The van der Waals surface area contributed by atoms with Gasteiger partial charge in [0, 0.05) is 18.8 Å². The third kappa shape index (κ3) is 9.73. The normalized spacial score (nSPS) is 15.8. The fraction of sp³-hybridized carbons (Fsp3) is 0.778. The molecule has 0 radical (unpaired) electrons. The lowest BCUT2D eigenvalue weighted by molar-refractivity contribution is -0.141. The van der Waals surface area contributed by atoms with Gasteiger partial charge in [-0.3, -0.25) is 9.59 Å². The van der Waals surface area contributed by atoms with E-state index in [1.54, 1.807) is 4.90 Å². The Kier molecular flexibility index (Phi) is 10.1. The first-order valence-electron chi connectivity index (χ1n) is 9.42. The highest BCUT2D eigenvalue weighted by molar-refractivity contribution is 7.80. The van der Waals surface area contributed by atoms with E-state index in [1.807, 2.05) is 20.8 Å². The Balaban J connectivity index is 2.33. The number of likely N-dealkylation sites (tertiary alicyclic amines) is 1. The van der Waals surface area contributed by atoms with E-state index in [9.17, 15) is 19.2 Å². The van der Waals surface area contributed by atoms with E-state index in [0.29, 0.717) is 25.9 Å². The molecule has 3 amide bonds. The molecule has 1 rings (SSSR count). The van der Waals surface area contributed by atoms with Crippen molar-refractivity contribution in [2.45, 2.75) is 45.3 Å². The van der Waals surface area contributed by atoms with Crippen LogP contribution in [0.15, 0.2) is 0 Å². The second-order valence-electron chi connectivity index (χ2n) is 7.68. The van der Waals surface area contributed by atoms with Crippen molar-refractivity contribution in [3.63, 3.8) is 0 Å². The molecule has 0 aromatic rings. The summed E-state index contributed by atoms with van der Waals surface area (Å²) in [6.07, 6.45) is 0.278. The van der Waals surface area contributed by atoms with Gasteiger partial charge in [-0.25, -0.2) is 9.59 Å². The number of piperidine rings is 1. The van der Waals surface area contributed by atoms with E-state index < -0.39 is 29.6 Å². The molecule has 0 spiro atoms. The van der Waals surface area contributed by atoms with Crippen LogP contribution in [0.3, 0.4) is 0 Å². The van der Waals surface area contributed by atoms with Crippen LogP contribution in [0.4, 0.5) is 9.59 Å². The van der Waals surface area contributed by atoms with Gasteiger partial charge in [-0.2, -0.15) is 12.6 Å². The minimum atomic E-state index is -0.940. The molecule has 0 aromatic heterocycles. The van der Waals surface area contributed by atoms with Crippen LogP contribution in [0, 0.1) is 5.92 Å². The van der Waals surface area contributed by atoms with Gasteiger partial charge in [0.15, 0.2) is 0 Å². The number of nitrogens with zero attached hydrogens (tertiary/aromatic N) is 1. The van der Waals surface area contributed by atoms with Gasteiger partial charge in [0.25, 0.3) is 0 Å². The quantitative estimate of drug-likeness (QED) is 0.310. The molecule has 29 heavy (non-hydrogen) atoms. The van der Waals surface area contributed by atoms with E-state index in [1.165, 1.54) is 7.11 Å². The van der Waals surface area contributed by atoms with Crippen LogP contribution >= 0.6 is 12.6 Å². The van der Waals surface area contributed by atoms with E-state index in [2.05, 4.69) is 28.0 Å². The standard InChI is InChI=1S/C18H31N3O7S/c1-18(2,3)28-17(25)21-7-5-12(6-8-21)10-27-16(24)20-13(11-29)15(23)19-9-14(22)26-4/h12-13,29H,5-11H2,1-4H3,(H,19,23)(H,20,24). The van der Waals surface area contributed by atoms with Crippen molar-refractivity contribution in [3.8, 4) is 0 Å². The molecule has 1 aliphatic rings. The number of alkyl carbamates (subject to hydrolysis) is 1. The minimum absolute atomic E-state index is 0.0381. The predicted molar refractivity (Wildman–Crippen MR) is 108 cm³/mol. The van der Waals surface area contributed by atoms with Crippen molar-refractivity contribution >= 4 is 36.7 Å². The van der Waals surface area contributed by atoms with Gasteiger partial charge in [0.05, 0.1) is 13.7 Å². The number of methoxy groups -OCH3 is 1. The Hall–Kier alpha value is -2.17. The van der Waals surface area contributed by atoms with Crippen LogP contribution in [0.2, 0.25) is 0 Å². The molecule has 166 valence electrons. The van der Waals surface area contributed by atoms with E-state index in [0.717, 1.165) is 0 Å². The smallest absolute Gasteiger partial charge is 0.410 e. The number of rotatable bonds is 7. The number of carbonyl (C=O) groups is 4. The van der Waals surface area contributed by atoms with Gasteiger partial charge >= 0.3 is 18.2 Å². The maximum absolute atomic E-state index is 12.1. The highest BCUT2D eigenvalue weighted by atomic mass is 32.1. The van der Waals surface area contributed by atoms with Crippen molar-refractivity contribution in [1.82, 2.24) is 15.5 Å². The highest BCUT2D eigenvalue weighted by Gasteiger charge is 2.28. The number of thiol groups is 1. The largest absolute Gasteiger partial charge is 0.468 e. The lowest BCUT2D eigenvalue weighted by Crippen LogP contribution is -2.49. The Bertz CT molecular complexity index is 586. The number of hydrogen-bond donors (Lipinski definition) is 3. The van der Waals surface area contributed by atoms with Gasteiger partial charge in [-0.15, -0.1) is 0 Å². The molecule has 1 heterocycles. The summed E-state index contributed by atoms with van der Waals surface area (Å²) in [4.78, 5) is 48.7. The number of carbonyl (C=O) groups excluding carboxylic acids is 4. The number of nitrogens with one attached hydrogen (secondary N) is 2. The van der Waals surface area contributed by atoms with Gasteiger partial charge in [0.1, 0.15) is 18.2 Å². The molecular weight excluding hydrogens is 402 g/mol. The summed E-state index contributed by atoms with van der Waals surface area (Å²) in [7, 11) is 1.21. The lowest BCUT2D eigenvalue weighted by atomic mass is 9.98. The molecule has 1 saturated heterocycles. The van der Waals surface area contributed by atoms with Gasteiger partial charge < -0.3 is 29.7 Å². The second-order valence-corrected chi connectivity index (χ2v) is 8.05. The highest BCUT2D eigenvalue weighted by Crippen LogP contribution is 2.20. The molecule has 1 fully saturated rings. The molecule has 2 N–H and O–H groups in total. The number of hydrogen-bond acceptors (Lipinski definition) is 8. The second kappa shape index (κ2) is 11.7. The first-order chi connectivity index (χ1) is 13.6. The maximum atomic E-state index is 12.1. The summed E-state index contributed by atoms with van der Waals surface area (Å²) in [6.45, 7) is 6.39. The molecule has 0 aliphatic carbocycles. The van der Waals surface area contributed by atoms with Gasteiger partial charge in [-0.1, -0.05) is 0 Å². The first-order valence-corrected chi connectivity index (χ1v) is 10.1. The first kappa shape index (κ1) is 24.9. The minimum Gasteiger partial charge on any atom is -0.468 e. The van der Waals surface area contributed by atoms with Crippen LogP contribution < -0.4 is 10.6 Å². The monoisotopic (exact) mass is 433 g/mol. The number of ether oxygens (including phenoxy) is 3. The molecule has 0 aromatic carbocycles. The number of esters is 1. The van der Waals surface area contributed by atoms with Crippen LogP contribution in [0.25, 0.3) is 0 Å². The maximum Gasteiger partial charge on any atom is 0.410 e. The summed E-state index contributed by atoms with van der Waals surface area (Å²) >= 11 is 4.03. The fourth-order valence-electron chi connectivity index (χ4n) is 2.53. The van der Waals surface area contributed by atoms with E-state index >= 15 is 0 Å². The molecule has 1 unspecified atom stereocenters. The van der Waals surface area contributed by atoms with Gasteiger partial charge in [0.2, 0.25) is 5.91 Å². The summed E-state index contributed by atoms with van der Waals surface area (Å²) in [6, 6.07) is -0.940. The third-order valence-electron chi connectivity index (χ3n) is 4.14. The van der Waals surface area contributed by atoms with Gasteiger partial charge in [-0.05, 0) is 39.5 Å². The summed E-state index contributed by atoms with van der Waals surface area (Å²) in [5.41, 5.74) is -0.540. The summed E-state index contributed by atoms with van der Waals surface area (Å²) in [5, 5.41) is 4.76. The molecule has 10 nitrogen and oxygen atoms in total. The molecule has 11 heteroatoms. The zero-order chi connectivity index (χ0) is 22.0. The molecule has 0 saturated carbocycles. The van der Waals surface area contributed by atoms with E-state index in [-0.39, 0.29) is 30.9 Å². The SMILES string of the molecule is COC(=O)CNC(=O)C(CS)NC(=O)OCC1CCN(C(=O)OC(C)(C)C)CC1. The van der Waals surface area contributed by atoms with Crippen LogP contribution in [0.1, 0.15) is 33.6 Å². The third-order valence-corrected chi connectivity index (χ3v) is 4.51. The predicted octanol–water partition coefficient (Wildman–Crippen LogP) is 0.947.